The maximum Gasteiger partial charge on any atom is 0.191 e. The van der Waals surface area contributed by atoms with Crippen molar-refractivity contribution in [3.05, 3.63) is 35.4 Å². The van der Waals surface area contributed by atoms with Gasteiger partial charge in [0.1, 0.15) is 0 Å². The molecule has 0 radical (unpaired) electrons. The smallest absolute Gasteiger partial charge is 0.191 e. The highest BCUT2D eigenvalue weighted by molar-refractivity contribution is 14.0. The monoisotopic (exact) mass is 513 g/mol. The van der Waals surface area contributed by atoms with E-state index in [4.69, 9.17) is 9.73 Å². The van der Waals surface area contributed by atoms with Crippen LogP contribution in [0, 0.1) is 11.6 Å². The third-order valence-corrected chi connectivity index (χ3v) is 5.96. The van der Waals surface area contributed by atoms with Crippen LogP contribution in [0.4, 0.5) is 8.78 Å². The Bertz CT molecular complexity index is 607. The van der Waals surface area contributed by atoms with Gasteiger partial charge < -0.3 is 15.4 Å². The summed E-state index contributed by atoms with van der Waals surface area (Å²) in [7, 11) is 0. The van der Waals surface area contributed by atoms with Gasteiger partial charge in [-0.2, -0.15) is 11.8 Å². The van der Waals surface area contributed by atoms with Crippen LogP contribution in [-0.2, 0) is 4.74 Å². The fourth-order valence-electron chi connectivity index (χ4n) is 3.01. The first-order valence-corrected chi connectivity index (χ1v) is 10.2. The fraction of sp³-hybridized carbons (Fsp3) is 0.632. The van der Waals surface area contributed by atoms with Gasteiger partial charge in [0, 0.05) is 24.5 Å². The number of aliphatic imine (C=N–C) groups is 1. The number of hydrogen-bond donors (Lipinski definition) is 2. The molecule has 1 aromatic rings. The van der Waals surface area contributed by atoms with Gasteiger partial charge in [-0.15, -0.1) is 24.0 Å². The molecule has 1 heterocycles. The van der Waals surface area contributed by atoms with Crippen molar-refractivity contribution in [1.29, 1.82) is 0 Å². The molecule has 8 heteroatoms. The highest BCUT2D eigenvalue weighted by Crippen LogP contribution is 2.35. The largest absolute Gasteiger partial charge is 0.381 e. The van der Waals surface area contributed by atoms with Crippen molar-refractivity contribution < 1.29 is 13.5 Å². The molecular weight excluding hydrogens is 483 g/mol. The summed E-state index contributed by atoms with van der Waals surface area (Å²) in [5.74, 6) is 0.0653. The molecule has 154 valence electrons. The molecule has 1 fully saturated rings. The molecule has 1 aliphatic rings. The Morgan fingerprint density at radius 3 is 2.56 bits per heavy atom. The van der Waals surface area contributed by atoms with Gasteiger partial charge in [0.25, 0.3) is 0 Å². The average Bonchev–Trinajstić information content (AvgIpc) is 2.63. The molecule has 1 aromatic carbocycles. The van der Waals surface area contributed by atoms with Gasteiger partial charge >= 0.3 is 0 Å². The molecule has 0 amide bonds. The zero-order valence-corrected chi connectivity index (χ0v) is 19.3. The quantitative estimate of drug-likeness (QED) is 0.320. The van der Waals surface area contributed by atoms with Crippen LogP contribution >= 0.6 is 35.7 Å². The fourth-order valence-corrected chi connectivity index (χ4v) is 4.23. The Balaban J connectivity index is 0.00000364. The second-order valence-electron chi connectivity index (χ2n) is 6.46. The summed E-state index contributed by atoms with van der Waals surface area (Å²) in [5.41, 5.74) is 0.679. The summed E-state index contributed by atoms with van der Waals surface area (Å²) in [5, 5.41) is 6.53. The number of nitrogens with zero attached hydrogens (tertiary/aromatic N) is 1. The third kappa shape index (κ3) is 7.38. The predicted molar refractivity (Wildman–Crippen MR) is 120 cm³/mol. The Morgan fingerprint density at radius 1 is 1.26 bits per heavy atom. The van der Waals surface area contributed by atoms with Gasteiger partial charge in [-0.1, -0.05) is 13.0 Å². The van der Waals surface area contributed by atoms with E-state index in [1.165, 1.54) is 6.07 Å². The van der Waals surface area contributed by atoms with E-state index in [0.717, 1.165) is 44.4 Å². The number of nitrogens with one attached hydrogen (secondary N) is 2. The van der Waals surface area contributed by atoms with Crippen LogP contribution in [0.1, 0.15) is 45.2 Å². The van der Waals surface area contributed by atoms with Gasteiger partial charge in [-0.25, -0.2) is 8.78 Å². The van der Waals surface area contributed by atoms with E-state index in [-0.39, 0.29) is 34.8 Å². The van der Waals surface area contributed by atoms with E-state index in [0.29, 0.717) is 18.1 Å². The molecule has 0 saturated carbocycles. The van der Waals surface area contributed by atoms with Crippen LogP contribution in [-0.4, -0.2) is 42.8 Å². The van der Waals surface area contributed by atoms with Crippen LogP contribution in [0.5, 0.6) is 0 Å². The number of benzene rings is 1. The lowest BCUT2D eigenvalue weighted by Gasteiger charge is -2.35. The minimum absolute atomic E-state index is 0. The van der Waals surface area contributed by atoms with E-state index in [9.17, 15) is 8.78 Å². The van der Waals surface area contributed by atoms with E-state index in [1.54, 1.807) is 6.07 Å². The first-order valence-electron chi connectivity index (χ1n) is 9.21. The average molecular weight is 513 g/mol. The number of hydrogen-bond acceptors (Lipinski definition) is 3. The molecule has 0 aliphatic carbocycles. The third-order valence-electron chi connectivity index (χ3n) is 4.52. The Hall–Kier alpha value is -0.610. The van der Waals surface area contributed by atoms with Crippen molar-refractivity contribution in [3.63, 3.8) is 0 Å². The summed E-state index contributed by atoms with van der Waals surface area (Å²) < 4.78 is 32.3. The van der Waals surface area contributed by atoms with Gasteiger partial charge in [0.2, 0.25) is 0 Å². The molecule has 0 bridgehead atoms. The van der Waals surface area contributed by atoms with E-state index in [1.807, 2.05) is 25.6 Å². The van der Waals surface area contributed by atoms with Crippen molar-refractivity contribution in [2.24, 2.45) is 4.99 Å². The van der Waals surface area contributed by atoms with Crippen molar-refractivity contribution in [1.82, 2.24) is 10.6 Å². The number of guanidine groups is 1. The highest BCUT2D eigenvalue weighted by atomic mass is 127. The van der Waals surface area contributed by atoms with Crippen LogP contribution in [0.2, 0.25) is 0 Å². The Labute approximate surface area is 182 Å². The lowest BCUT2D eigenvalue weighted by atomic mass is 9.99. The van der Waals surface area contributed by atoms with E-state index < -0.39 is 11.6 Å². The molecule has 2 rings (SSSR count). The molecule has 1 unspecified atom stereocenters. The second kappa shape index (κ2) is 12.1. The lowest BCUT2D eigenvalue weighted by Crippen LogP contribution is -2.42. The molecule has 1 saturated heterocycles. The highest BCUT2D eigenvalue weighted by Gasteiger charge is 2.32. The molecule has 4 nitrogen and oxygen atoms in total. The van der Waals surface area contributed by atoms with Gasteiger partial charge in [-0.05, 0) is 50.1 Å². The first kappa shape index (κ1) is 24.4. The normalized spacial score (nSPS) is 17.7. The van der Waals surface area contributed by atoms with Gasteiger partial charge in [0.05, 0.1) is 12.6 Å². The second-order valence-corrected chi connectivity index (χ2v) is 8.20. The number of halogens is 3. The van der Waals surface area contributed by atoms with Crippen molar-refractivity contribution in [2.75, 3.05) is 32.1 Å². The summed E-state index contributed by atoms with van der Waals surface area (Å²) in [6, 6.07) is 3.78. The van der Waals surface area contributed by atoms with Crippen LogP contribution in [0.3, 0.4) is 0 Å². The zero-order chi connectivity index (χ0) is 19.0. The van der Waals surface area contributed by atoms with Crippen molar-refractivity contribution >= 4 is 41.7 Å². The number of thioether (sulfide) groups is 1. The van der Waals surface area contributed by atoms with Crippen molar-refractivity contribution in [3.8, 4) is 0 Å². The number of rotatable bonds is 7. The minimum Gasteiger partial charge on any atom is -0.381 e. The SMILES string of the molecule is CCNC(=NCC1(SCC)CCOCC1)NC(C)c1ccc(F)c(F)c1.I. The maximum absolute atomic E-state index is 13.5. The molecule has 2 N–H and O–H groups in total. The van der Waals surface area contributed by atoms with Crippen LogP contribution in [0.25, 0.3) is 0 Å². The molecule has 27 heavy (non-hydrogen) atoms. The summed E-state index contributed by atoms with van der Waals surface area (Å²) in [6.45, 7) is 9.06. The minimum atomic E-state index is -0.835. The van der Waals surface area contributed by atoms with Crippen molar-refractivity contribution in [2.45, 2.75) is 44.4 Å². The maximum atomic E-state index is 13.5. The van der Waals surface area contributed by atoms with Crippen LogP contribution in [0.15, 0.2) is 23.2 Å². The summed E-state index contributed by atoms with van der Waals surface area (Å²) in [6.07, 6.45) is 1.99. The standard InChI is InChI=1S/C19H29F2N3OS.HI/c1-4-22-18(23-13-19(26-5-2)8-10-25-11-9-19)24-14(3)15-6-7-16(20)17(21)12-15;/h6-7,12,14H,4-5,8-11,13H2,1-3H3,(H2,22,23,24);1H. The summed E-state index contributed by atoms with van der Waals surface area (Å²) >= 11 is 1.94. The van der Waals surface area contributed by atoms with Crippen LogP contribution < -0.4 is 10.6 Å². The molecule has 0 spiro atoms. The first-order chi connectivity index (χ1) is 12.5. The molecule has 1 aliphatic heterocycles. The van der Waals surface area contributed by atoms with Gasteiger partial charge in [0.15, 0.2) is 17.6 Å². The molecule has 1 atom stereocenters. The van der Waals surface area contributed by atoms with Gasteiger partial charge in [-0.3, -0.25) is 4.99 Å². The predicted octanol–water partition coefficient (Wildman–Crippen LogP) is 4.50. The topological polar surface area (TPSA) is 45.7 Å². The zero-order valence-electron chi connectivity index (χ0n) is 16.2. The summed E-state index contributed by atoms with van der Waals surface area (Å²) in [4.78, 5) is 4.78. The Morgan fingerprint density at radius 2 is 1.96 bits per heavy atom. The van der Waals surface area contributed by atoms with E-state index in [2.05, 4.69) is 17.6 Å². The molecular formula is C19H30F2IN3OS. The number of ether oxygens (including phenoxy) is 1. The molecule has 0 aromatic heterocycles. The Kier molecular flexibility index (Phi) is 10.9. The van der Waals surface area contributed by atoms with E-state index >= 15 is 0 Å². The lowest BCUT2D eigenvalue weighted by molar-refractivity contribution is 0.0793.